The van der Waals surface area contributed by atoms with Gasteiger partial charge in [0.2, 0.25) is 5.41 Å². The lowest BCUT2D eigenvalue weighted by atomic mass is 9.72. The first-order chi connectivity index (χ1) is 31.5. The number of fused-ring (bicyclic) bond motifs is 3. The number of hydrogen-bond acceptors (Lipinski definition) is 3. The van der Waals surface area contributed by atoms with Gasteiger partial charge < -0.3 is 9.47 Å². The fraction of sp³-hybridized carbons (Fsp3) is 0.0545. The van der Waals surface area contributed by atoms with Gasteiger partial charge in [-0.2, -0.15) is 26.3 Å². The summed E-state index contributed by atoms with van der Waals surface area (Å²) >= 11 is 0. The molecule has 0 bridgehead atoms. The summed E-state index contributed by atoms with van der Waals surface area (Å²) in [5.41, 5.74) is 0.991. The summed E-state index contributed by atoms with van der Waals surface area (Å²) in [6.07, 6.45) is -11.6. The lowest BCUT2D eigenvalue weighted by Crippen LogP contribution is -2.54. The molecule has 65 heavy (non-hydrogen) atoms. The maximum Gasteiger partial charge on any atom is 0.411 e. The summed E-state index contributed by atoms with van der Waals surface area (Å²) in [4.78, 5) is 11.6. The van der Waals surface area contributed by atoms with Crippen molar-refractivity contribution >= 4 is 38.9 Å². The van der Waals surface area contributed by atoms with Crippen molar-refractivity contribution < 1.29 is 26.3 Å². The highest BCUT2D eigenvalue weighted by Crippen LogP contribution is 2.56. The Hall–Kier alpha value is -7.98. The molecule has 0 saturated heterocycles. The molecule has 2 heterocycles. The zero-order valence-electron chi connectivity index (χ0n) is 34.3. The molecule has 0 aliphatic heterocycles. The van der Waals surface area contributed by atoms with Crippen molar-refractivity contribution in [2.75, 3.05) is 4.90 Å². The van der Waals surface area contributed by atoms with E-state index in [1.807, 2.05) is 162 Å². The Morgan fingerprint density at radius 2 is 0.815 bits per heavy atom. The smallest absolute Gasteiger partial charge is 0.310 e. The third-order valence-corrected chi connectivity index (χ3v) is 11.8. The Bertz CT molecular complexity index is 3150. The van der Waals surface area contributed by atoms with Crippen LogP contribution in [0.3, 0.4) is 0 Å². The van der Waals surface area contributed by atoms with Gasteiger partial charge in [-0.05, 0) is 77.9 Å². The van der Waals surface area contributed by atoms with Crippen LogP contribution in [0.15, 0.2) is 218 Å². The molecule has 0 fully saturated rings. The van der Waals surface area contributed by atoms with Gasteiger partial charge in [0.15, 0.2) is 5.82 Å². The van der Waals surface area contributed by atoms with Crippen LogP contribution in [0.5, 0.6) is 0 Å². The van der Waals surface area contributed by atoms with E-state index in [0.29, 0.717) is 34.0 Å². The normalized spacial score (nSPS) is 12.2. The van der Waals surface area contributed by atoms with Gasteiger partial charge in [0.1, 0.15) is 0 Å². The zero-order chi connectivity index (χ0) is 44.8. The van der Waals surface area contributed by atoms with Gasteiger partial charge >= 0.3 is 12.4 Å². The fourth-order valence-corrected chi connectivity index (χ4v) is 8.78. The molecule has 0 spiro atoms. The molecule has 0 unspecified atom stereocenters. The molecule has 8 aromatic carbocycles. The monoisotopic (exact) mass is 866 g/mol. The Kier molecular flexibility index (Phi) is 10.3. The molecule has 0 radical (unpaired) electrons. The van der Waals surface area contributed by atoms with Crippen molar-refractivity contribution in [1.29, 1.82) is 0 Å². The summed E-state index contributed by atoms with van der Waals surface area (Å²) in [5.74, 6) is 0.357. The Morgan fingerprint density at radius 3 is 1.35 bits per heavy atom. The van der Waals surface area contributed by atoms with Crippen LogP contribution in [0.2, 0.25) is 0 Å². The minimum Gasteiger partial charge on any atom is -0.310 e. The second kappa shape index (κ2) is 16.3. The Balaban J connectivity index is 1.06. The summed E-state index contributed by atoms with van der Waals surface area (Å²) in [7, 11) is 0. The highest BCUT2D eigenvalue weighted by Gasteiger charge is 2.72. The van der Waals surface area contributed by atoms with Gasteiger partial charge in [0.25, 0.3) is 0 Å². The van der Waals surface area contributed by atoms with Crippen molar-refractivity contribution in [1.82, 2.24) is 14.5 Å². The summed E-state index contributed by atoms with van der Waals surface area (Å²) < 4.78 is 95.1. The highest BCUT2D eigenvalue weighted by atomic mass is 19.4. The molecular formula is C55H36F6N4. The van der Waals surface area contributed by atoms with E-state index in [9.17, 15) is 0 Å². The number of nitrogens with zero attached hydrogens (tertiary/aromatic N) is 4. The molecule has 318 valence electrons. The third kappa shape index (κ3) is 7.26. The largest absolute Gasteiger partial charge is 0.411 e. The minimum atomic E-state index is -5.78. The van der Waals surface area contributed by atoms with E-state index < -0.39 is 28.9 Å². The van der Waals surface area contributed by atoms with E-state index in [4.69, 9.17) is 9.97 Å². The molecule has 0 atom stereocenters. The van der Waals surface area contributed by atoms with Gasteiger partial charge in [-0.1, -0.05) is 152 Å². The standard InChI is InChI=1S/C55H36F6N4/c56-54(57,58)53(55(59,60)61,40-27-25-38(26-28-40)49-36-48(37-15-5-1-6-16-37)62-52(63-49)39-17-7-2-8-18-39)41-29-31-44(32-30-41)65-50-24-14-13-23-46(50)47-35-45(33-34-51(47)65)64(42-19-9-3-10-20-42)43-21-11-4-12-22-43/h1-36H. The maximum atomic E-state index is 15.5. The van der Waals surface area contributed by atoms with Crippen molar-refractivity contribution in [3.63, 3.8) is 0 Å². The predicted molar refractivity (Wildman–Crippen MR) is 247 cm³/mol. The van der Waals surface area contributed by atoms with Gasteiger partial charge in [-0.25, -0.2) is 9.97 Å². The van der Waals surface area contributed by atoms with E-state index in [1.165, 1.54) is 24.3 Å². The molecule has 4 nitrogen and oxygen atoms in total. The number of rotatable bonds is 9. The Labute approximate surface area is 370 Å². The molecule has 0 saturated carbocycles. The Morgan fingerprint density at radius 1 is 0.369 bits per heavy atom. The molecule has 2 aromatic heterocycles. The van der Waals surface area contributed by atoms with Gasteiger partial charge in [0.05, 0.1) is 22.4 Å². The van der Waals surface area contributed by atoms with E-state index in [1.54, 1.807) is 6.07 Å². The number of alkyl halides is 6. The summed E-state index contributed by atoms with van der Waals surface area (Å²) in [6, 6.07) is 62.3. The van der Waals surface area contributed by atoms with Gasteiger partial charge in [-0.3, -0.25) is 0 Å². The number of para-hydroxylation sites is 3. The SMILES string of the molecule is FC(F)(F)C(c1ccc(-c2cc(-c3ccccc3)nc(-c3ccccc3)n2)cc1)(c1ccc(-n2c3ccccc3c3cc(N(c4ccccc4)c4ccccc4)ccc32)cc1)C(F)(F)F. The second-order valence-electron chi connectivity index (χ2n) is 15.6. The van der Waals surface area contributed by atoms with Crippen molar-refractivity contribution in [3.8, 4) is 39.6 Å². The molecule has 0 N–H and O–H groups in total. The molecule has 0 amide bonds. The summed E-state index contributed by atoms with van der Waals surface area (Å²) in [5, 5.41) is 1.72. The highest BCUT2D eigenvalue weighted by molar-refractivity contribution is 6.10. The maximum absolute atomic E-state index is 15.5. The molecule has 0 aliphatic carbocycles. The average molecular weight is 867 g/mol. The first kappa shape index (κ1) is 41.1. The number of benzene rings is 8. The van der Waals surface area contributed by atoms with Crippen LogP contribution in [0.25, 0.3) is 61.4 Å². The van der Waals surface area contributed by atoms with E-state index in [0.717, 1.165) is 68.7 Å². The first-order valence-electron chi connectivity index (χ1n) is 20.8. The number of aromatic nitrogens is 3. The van der Waals surface area contributed by atoms with E-state index >= 15 is 26.3 Å². The van der Waals surface area contributed by atoms with Crippen LogP contribution in [0.4, 0.5) is 43.4 Å². The fourth-order valence-electron chi connectivity index (χ4n) is 8.78. The second-order valence-corrected chi connectivity index (χ2v) is 15.6. The van der Waals surface area contributed by atoms with Crippen LogP contribution < -0.4 is 4.90 Å². The quantitative estimate of drug-likeness (QED) is 0.136. The first-order valence-corrected chi connectivity index (χ1v) is 20.8. The number of hydrogen-bond donors (Lipinski definition) is 0. The molecule has 0 aliphatic rings. The topological polar surface area (TPSA) is 34.0 Å². The summed E-state index contributed by atoms with van der Waals surface area (Å²) in [6.45, 7) is 0. The van der Waals surface area contributed by atoms with E-state index in [2.05, 4.69) is 11.0 Å². The lowest BCUT2D eigenvalue weighted by Gasteiger charge is -2.38. The van der Waals surface area contributed by atoms with Crippen LogP contribution >= 0.6 is 0 Å². The van der Waals surface area contributed by atoms with Crippen LogP contribution in [0.1, 0.15) is 11.1 Å². The van der Waals surface area contributed by atoms with Crippen LogP contribution in [0, 0.1) is 0 Å². The van der Waals surface area contributed by atoms with Crippen molar-refractivity contribution in [2.45, 2.75) is 17.8 Å². The number of anilines is 3. The van der Waals surface area contributed by atoms with Crippen LogP contribution in [-0.4, -0.2) is 26.9 Å². The van der Waals surface area contributed by atoms with Crippen molar-refractivity contribution in [3.05, 3.63) is 230 Å². The van der Waals surface area contributed by atoms with E-state index in [-0.39, 0.29) is 0 Å². The molecule has 10 heteroatoms. The van der Waals surface area contributed by atoms with Gasteiger partial charge in [0, 0.05) is 50.2 Å². The molecule has 10 aromatic rings. The van der Waals surface area contributed by atoms with Crippen molar-refractivity contribution in [2.24, 2.45) is 0 Å². The van der Waals surface area contributed by atoms with Crippen LogP contribution in [-0.2, 0) is 5.41 Å². The zero-order valence-corrected chi connectivity index (χ0v) is 34.3. The average Bonchev–Trinajstić information content (AvgIpc) is 3.66. The third-order valence-electron chi connectivity index (χ3n) is 11.8. The molecule has 10 rings (SSSR count). The predicted octanol–water partition coefficient (Wildman–Crippen LogP) is 15.5. The minimum absolute atomic E-state index is 0.323. The lowest BCUT2D eigenvalue weighted by molar-refractivity contribution is -0.288. The molecular weight excluding hydrogens is 831 g/mol. The van der Waals surface area contributed by atoms with Gasteiger partial charge in [-0.15, -0.1) is 0 Å². The number of halogens is 6.